The molecule has 2 aromatic carbocycles. The average molecular weight is 217 g/mol. The normalized spacial score (nSPS) is 10.2. The van der Waals surface area contributed by atoms with Crippen molar-refractivity contribution in [1.82, 2.24) is 4.57 Å². The van der Waals surface area contributed by atoms with Gasteiger partial charge in [0.25, 0.3) is 0 Å². The molecule has 3 aromatic rings. The standard InChI is InChI=1S/C14H7N3/c15-8-10-5-6-14-12(7-10)11-3-1-2-4-13(11)17(14)9-16/h1-7H. The van der Waals surface area contributed by atoms with Crippen LogP contribution in [-0.2, 0) is 0 Å². The molecule has 0 saturated heterocycles. The fourth-order valence-electron chi connectivity index (χ4n) is 2.15. The minimum absolute atomic E-state index is 0.610. The van der Waals surface area contributed by atoms with Crippen LogP contribution in [0.15, 0.2) is 42.5 Å². The lowest BCUT2D eigenvalue weighted by Gasteiger charge is -1.93. The summed E-state index contributed by atoms with van der Waals surface area (Å²) in [4.78, 5) is 0. The minimum Gasteiger partial charge on any atom is -0.246 e. The van der Waals surface area contributed by atoms with Gasteiger partial charge in [-0.1, -0.05) is 18.2 Å². The van der Waals surface area contributed by atoms with Crippen molar-refractivity contribution in [3.8, 4) is 12.3 Å². The summed E-state index contributed by atoms with van der Waals surface area (Å²) in [6.07, 6.45) is 2.16. The summed E-state index contributed by atoms with van der Waals surface area (Å²) >= 11 is 0. The molecule has 0 aliphatic heterocycles. The molecule has 0 bridgehead atoms. The zero-order chi connectivity index (χ0) is 11.8. The highest BCUT2D eigenvalue weighted by molar-refractivity contribution is 6.09. The molecule has 0 saturated carbocycles. The van der Waals surface area contributed by atoms with E-state index in [1.165, 1.54) is 0 Å². The molecule has 0 fully saturated rings. The first-order valence-corrected chi connectivity index (χ1v) is 5.18. The van der Waals surface area contributed by atoms with Crippen molar-refractivity contribution in [2.45, 2.75) is 0 Å². The molecule has 0 spiro atoms. The van der Waals surface area contributed by atoms with E-state index in [-0.39, 0.29) is 0 Å². The third-order valence-electron chi connectivity index (χ3n) is 2.90. The van der Waals surface area contributed by atoms with Crippen molar-refractivity contribution in [2.75, 3.05) is 0 Å². The lowest BCUT2D eigenvalue weighted by Crippen LogP contribution is -1.86. The van der Waals surface area contributed by atoms with Crippen molar-refractivity contribution in [3.63, 3.8) is 0 Å². The minimum atomic E-state index is 0.610. The fraction of sp³-hybridized carbons (Fsp3) is 0. The van der Waals surface area contributed by atoms with Gasteiger partial charge in [0.1, 0.15) is 0 Å². The van der Waals surface area contributed by atoms with Crippen molar-refractivity contribution >= 4 is 21.8 Å². The van der Waals surface area contributed by atoms with Gasteiger partial charge in [0.15, 0.2) is 6.19 Å². The Hall–Kier alpha value is -2.78. The monoisotopic (exact) mass is 217 g/mol. The number of aromatic nitrogens is 1. The molecule has 0 aliphatic carbocycles. The van der Waals surface area contributed by atoms with Crippen LogP contribution in [0.4, 0.5) is 0 Å². The summed E-state index contributed by atoms with van der Waals surface area (Å²) in [5, 5.41) is 20.1. The van der Waals surface area contributed by atoms with E-state index in [2.05, 4.69) is 12.3 Å². The first-order valence-electron chi connectivity index (χ1n) is 5.18. The Morgan fingerprint density at radius 2 is 1.65 bits per heavy atom. The van der Waals surface area contributed by atoms with Crippen LogP contribution in [0.1, 0.15) is 5.56 Å². The summed E-state index contributed by atoms with van der Waals surface area (Å²) in [6.45, 7) is 0. The van der Waals surface area contributed by atoms with Gasteiger partial charge in [0.2, 0.25) is 0 Å². The van der Waals surface area contributed by atoms with E-state index in [1.807, 2.05) is 36.4 Å². The van der Waals surface area contributed by atoms with Crippen LogP contribution in [0.25, 0.3) is 21.8 Å². The Morgan fingerprint density at radius 1 is 0.882 bits per heavy atom. The molecule has 78 valence electrons. The molecule has 1 aromatic heterocycles. The number of nitrogens with zero attached hydrogens (tertiary/aromatic N) is 3. The zero-order valence-corrected chi connectivity index (χ0v) is 8.88. The van der Waals surface area contributed by atoms with E-state index in [4.69, 9.17) is 5.26 Å². The number of hydrogen-bond acceptors (Lipinski definition) is 2. The highest BCUT2D eigenvalue weighted by Gasteiger charge is 2.09. The van der Waals surface area contributed by atoms with E-state index in [1.54, 1.807) is 10.6 Å². The molecule has 0 radical (unpaired) electrons. The van der Waals surface area contributed by atoms with E-state index in [9.17, 15) is 5.26 Å². The van der Waals surface area contributed by atoms with Gasteiger partial charge in [-0.05, 0) is 24.3 Å². The maximum absolute atomic E-state index is 9.20. The fourth-order valence-corrected chi connectivity index (χ4v) is 2.15. The molecular formula is C14H7N3. The van der Waals surface area contributed by atoms with E-state index < -0.39 is 0 Å². The van der Waals surface area contributed by atoms with Crippen LogP contribution >= 0.6 is 0 Å². The summed E-state index contributed by atoms with van der Waals surface area (Å²) in [5.74, 6) is 0. The predicted octanol–water partition coefficient (Wildman–Crippen LogP) is 3.00. The maximum atomic E-state index is 9.20. The Labute approximate surface area is 97.7 Å². The first kappa shape index (κ1) is 9.45. The number of nitriles is 2. The number of rotatable bonds is 0. The topological polar surface area (TPSA) is 52.5 Å². The van der Waals surface area contributed by atoms with E-state index >= 15 is 0 Å². The van der Waals surface area contributed by atoms with Gasteiger partial charge in [0.05, 0.1) is 22.7 Å². The Morgan fingerprint density at radius 3 is 2.41 bits per heavy atom. The Kier molecular flexibility index (Phi) is 1.87. The number of fused-ring (bicyclic) bond motifs is 3. The van der Waals surface area contributed by atoms with Crippen molar-refractivity contribution < 1.29 is 0 Å². The quantitative estimate of drug-likeness (QED) is 0.581. The number of para-hydroxylation sites is 1. The smallest absolute Gasteiger partial charge is 0.189 e. The molecule has 17 heavy (non-hydrogen) atoms. The van der Waals surface area contributed by atoms with Gasteiger partial charge in [-0.25, -0.2) is 4.57 Å². The van der Waals surface area contributed by atoms with Crippen LogP contribution in [0.3, 0.4) is 0 Å². The molecule has 0 amide bonds. The molecule has 3 heteroatoms. The largest absolute Gasteiger partial charge is 0.246 e. The van der Waals surface area contributed by atoms with Crippen LogP contribution in [0, 0.1) is 22.8 Å². The lowest BCUT2D eigenvalue weighted by atomic mass is 10.1. The molecule has 3 nitrogen and oxygen atoms in total. The molecular weight excluding hydrogens is 210 g/mol. The highest BCUT2D eigenvalue weighted by atomic mass is 15.0. The number of benzene rings is 2. The van der Waals surface area contributed by atoms with Gasteiger partial charge in [0, 0.05) is 10.8 Å². The van der Waals surface area contributed by atoms with Crippen molar-refractivity contribution in [2.24, 2.45) is 0 Å². The summed E-state index contributed by atoms with van der Waals surface area (Å²) in [6, 6.07) is 15.2. The molecule has 0 atom stereocenters. The van der Waals surface area contributed by atoms with Gasteiger partial charge in [-0.15, -0.1) is 0 Å². The van der Waals surface area contributed by atoms with Crippen LogP contribution in [-0.4, -0.2) is 4.57 Å². The second-order valence-corrected chi connectivity index (χ2v) is 3.80. The van der Waals surface area contributed by atoms with Crippen LogP contribution in [0.5, 0.6) is 0 Å². The highest BCUT2D eigenvalue weighted by Crippen LogP contribution is 2.28. The number of hydrogen-bond donors (Lipinski definition) is 0. The van der Waals surface area contributed by atoms with Crippen LogP contribution < -0.4 is 0 Å². The molecule has 3 rings (SSSR count). The van der Waals surface area contributed by atoms with E-state index in [0.29, 0.717) is 5.56 Å². The Balaban J connectivity index is 2.61. The average Bonchev–Trinajstić information content (AvgIpc) is 2.71. The second-order valence-electron chi connectivity index (χ2n) is 3.80. The third-order valence-corrected chi connectivity index (χ3v) is 2.90. The molecule has 0 unspecified atom stereocenters. The molecule has 0 aliphatic rings. The molecule has 1 heterocycles. The van der Waals surface area contributed by atoms with Crippen LogP contribution in [0.2, 0.25) is 0 Å². The van der Waals surface area contributed by atoms with Crippen molar-refractivity contribution in [3.05, 3.63) is 48.0 Å². The Bertz CT molecular complexity index is 813. The van der Waals surface area contributed by atoms with Gasteiger partial charge < -0.3 is 0 Å². The summed E-state index contributed by atoms with van der Waals surface area (Å²) < 4.78 is 1.59. The van der Waals surface area contributed by atoms with Gasteiger partial charge in [-0.2, -0.15) is 10.5 Å². The lowest BCUT2D eigenvalue weighted by molar-refractivity contribution is 1.20. The molecule has 0 N–H and O–H groups in total. The predicted molar refractivity (Wildman–Crippen MR) is 65.2 cm³/mol. The maximum Gasteiger partial charge on any atom is 0.189 e. The summed E-state index contributed by atoms with van der Waals surface area (Å²) in [5.41, 5.74) is 2.33. The van der Waals surface area contributed by atoms with Gasteiger partial charge >= 0.3 is 0 Å². The SMILES string of the molecule is N#Cc1ccc2c(c1)c1ccccc1n2C#N. The third kappa shape index (κ3) is 1.20. The first-order chi connectivity index (χ1) is 8.35. The van der Waals surface area contributed by atoms with Crippen molar-refractivity contribution in [1.29, 1.82) is 10.5 Å². The summed E-state index contributed by atoms with van der Waals surface area (Å²) in [7, 11) is 0. The zero-order valence-electron chi connectivity index (χ0n) is 8.88. The van der Waals surface area contributed by atoms with Gasteiger partial charge in [-0.3, -0.25) is 0 Å². The van der Waals surface area contributed by atoms with E-state index in [0.717, 1.165) is 21.8 Å². The second kappa shape index (κ2) is 3.37.